The third kappa shape index (κ3) is 3.93. The summed E-state index contributed by atoms with van der Waals surface area (Å²) in [7, 11) is 1.55. The number of esters is 1. The summed E-state index contributed by atoms with van der Waals surface area (Å²) in [6.45, 7) is 8.04. The number of ether oxygens (including phenoxy) is 4. The zero-order valence-corrected chi connectivity index (χ0v) is 15.9. The van der Waals surface area contributed by atoms with Crippen molar-refractivity contribution in [2.24, 2.45) is 5.92 Å². The summed E-state index contributed by atoms with van der Waals surface area (Å²) in [6, 6.07) is 5.26. The van der Waals surface area contributed by atoms with Gasteiger partial charge in [-0.3, -0.25) is 4.79 Å². The Hall–Kier alpha value is -2.14. The molecule has 0 fully saturated rings. The van der Waals surface area contributed by atoms with Gasteiger partial charge in [-0.2, -0.15) is 0 Å². The van der Waals surface area contributed by atoms with Crippen molar-refractivity contribution in [2.45, 2.75) is 27.7 Å². The molecule has 0 saturated heterocycles. The van der Waals surface area contributed by atoms with Crippen LogP contribution in [0.2, 0.25) is 5.02 Å². The van der Waals surface area contributed by atoms with Crippen LogP contribution in [0.5, 0.6) is 23.0 Å². The monoisotopic (exact) mass is 366 g/mol. The number of hydrogen-bond donors (Lipinski definition) is 0. The summed E-state index contributed by atoms with van der Waals surface area (Å²) in [5.41, 5.74) is 0. The summed E-state index contributed by atoms with van der Waals surface area (Å²) in [6.07, 6.45) is 0. The van der Waals surface area contributed by atoms with Crippen LogP contribution in [-0.4, -0.2) is 26.3 Å². The molecule has 0 aliphatic rings. The molecule has 0 aliphatic heterocycles. The van der Waals surface area contributed by atoms with E-state index in [1.807, 2.05) is 13.8 Å². The first-order chi connectivity index (χ1) is 11.9. The molecule has 2 rings (SSSR count). The van der Waals surface area contributed by atoms with Crippen molar-refractivity contribution in [1.29, 1.82) is 0 Å². The second-order valence-electron chi connectivity index (χ2n) is 5.65. The topological polar surface area (TPSA) is 54.0 Å². The number of carbonyl (C=O) groups excluding carboxylic acids is 1. The Kier molecular flexibility index (Phi) is 6.37. The molecular formula is C19H23ClO5. The van der Waals surface area contributed by atoms with Gasteiger partial charge in [0.15, 0.2) is 11.5 Å². The molecule has 0 N–H and O–H groups in total. The van der Waals surface area contributed by atoms with Gasteiger partial charge in [-0.1, -0.05) is 25.4 Å². The van der Waals surface area contributed by atoms with E-state index in [1.165, 1.54) is 0 Å². The van der Waals surface area contributed by atoms with Gasteiger partial charge in [0.05, 0.1) is 26.2 Å². The average molecular weight is 367 g/mol. The van der Waals surface area contributed by atoms with E-state index in [9.17, 15) is 4.79 Å². The minimum Gasteiger partial charge on any atom is -0.492 e. The fourth-order valence-electron chi connectivity index (χ4n) is 2.43. The fourth-order valence-corrected chi connectivity index (χ4v) is 2.60. The Balaban J connectivity index is 2.85. The molecule has 2 aromatic carbocycles. The lowest BCUT2D eigenvalue weighted by Crippen LogP contribution is -2.16. The maximum Gasteiger partial charge on any atom is 0.313 e. The number of carbonyl (C=O) groups is 1. The second kappa shape index (κ2) is 8.30. The molecule has 0 unspecified atom stereocenters. The lowest BCUT2D eigenvalue weighted by atomic mass is 10.1. The van der Waals surface area contributed by atoms with Crippen LogP contribution >= 0.6 is 11.6 Å². The van der Waals surface area contributed by atoms with Crippen molar-refractivity contribution in [1.82, 2.24) is 0 Å². The van der Waals surface area contributed by atoms with Crippen molar-refractivity contribution < 1.29 is 23.7 Å². The van der Waals surface area contributed by atoms with E-state index < -0.39 is 0 Å². The summed E-state index contributed by atoms with van der Waals surface area (Å²) in [5, 5.41) is 1.90. The number of rotatable bonds is 7. The predicted molar refractivity (Wildman–Crippen MR) is 98.3 cm³/mol. The Labute approximate surface area is 152 Å². The Morgan fingerprint density at radius 3 is 2.12 bits per heavy atom. The van der Waals surface area contributed by atoms with Crippen molar-refractivity contribution in [3.8, 4) is 23.0 Å². The number of methoxy groups -OCH3 is 1. The molecule has 0 amide bonds. The van der Waals surface area contributed by atoms with Crippen LogP contribution in [0.4, 0.5) is 0 Å². The van der Waals surface area contributed by atoms with Crippen molar-refractivity contribution >= 4 is 28.3 Å². The lowest BCUT2D eigenvalue weighted by molar-refractivity contribution is -0.137. The van der Waals surface area contributed by atoms with Crippen LogP contribution in [0.3, 0.4) is 0 Å². The summed E-state index contributed by atoms with van der Waals surface area (Å²) in [4.78, 5) is 12.2. The van der Waals surface area contributed by atoms with Crippen LogP contribution in [0.25, 0.3) is 10.8 Å². The standard InChI is InChI=1S/C19H23ClO5/c1-6-23-17-15(22-5)14-10-12(20)8-9-13(14)16(18(17)24-7-2)25-19(21)11(3)4/h8-11H,6-7H2,1-5H3. The van der Waals surface area contributed by atoms with E-state index in [0.717, 1.165) is 0 Å². The van der Waals surface area contributed by atoms with E-state index >= 15 is 0 Å². The third-order valence-corrected chi connectivity index (χ3v) is 3.78. The van der Waals surface area contributed by atoms with Gasteiger partial charge in [-0.05, 0) is 32.0 Å². The average Bonchev–Trinajstić information content (AvgIpc) is 2.57. The molecule has 136 valence electrons. The molecular weight excluding hydrogens is 344 g/mol. The number of hydrogen-bond acceptors (Lipinski definition) is 5. The van der Waals surface area contributed by atoms with Crippen LogP contribution in [0.15, 0.2) is 18.2 Å². The van der Waals surface area contributed by atoms with Gasteiger partial charge in [0, 0.05) is 15.8 Å². The molecule has 2 aromatic rings. The summed E-state index contributed by atoms with van der Waals surface area (Å²) < 4.78 is 22.7. The SMILES string of the molecule is CCOc1c(OCC)c(OC(=O)C(C)C)c2ccc(Cl)cc2c1OC. The number of benzene rings is 2. The highest BCUT2D eigenvalue weighted by molar-refractivity contribution is 6.31. The predicted octanol–water partition coefficient (Wildman–Crippen LogP) is 4.86. The van der Waals surface area contributed by atoms with Crippen LogP contribution in [-0.2, 0) is 4.79 Å². The van der Waals surface area contributed by atoms with Gasteiger partial charge in [0.2, 0.25) is 11.5 Å². The smallest absolute Gasteiger partial charge is 0.313 e. The molecule has 0 aliphatic carbocycles. The molecule has 5 nitrogen and oxygen atoms in total. The van der Waals surface area contributed by atoms with Gasteiger partial charge in [-0.25, -0.2) is 0 Å². The molecule has 0 heterocycles. The van der Waals surface area contributed by atoms with E-state index in [0.29, 0.717) is 52.0 Å². The van der Waals surface area contributed by atoms with Gasteiger partial charge < -0.3 is 18.9 Å². The summed E-state index contributed by atoms with van der Waals surface area (Å²) in [5.74, 6) is 0.918. The zero-order valence-electron chi connectivity index (χ0n) is 15.1. The normalized spacial score (nSPS) is 10.8. The molecule has 0 atom stereocenters. The minimum absolute atomic E-state index is 0.283. The first kappa shape index (κ1) is 19.2. The van der Waals surface area contributed by atoms with Gasteiger partial charge in [-0.15, -0.1) is 0 Å². The number of fused-ring (bicyclic) bond motifs is 1. The van der Waals surface area contributed by atoms with E-state index in [2.05, 4.69) is 0 Å². The Morgan fingerprint density at radius 2 is 1.60 bits per heavy atom. The highest BCUT2D eigenvalue weighted by atomic mass is 35.5. The van der Waals surface area contributed by atoms with Gasteiger partial charge >= 0.3 is 5.97 Å². The highest BCUT2D eigenvalue weighted by Gasteiger charge is 2.26. The molecule has 0 aromatic heterocycles. The Bertz CT molecular complexity index is 770. The zero-order chi connectivity index (χ0) is 18.6. The highest BCUT2D eigenvalue weighted by Crippen LogP contribution is 2.51. The molecule has 0 bridgehead atoms. The molecule has 6 heteroatoms. The van der Waals surface area contributed by atoms with Crippen molar-refractivity contribution in [2.75, 3.05) is 20.3 Å². The van der Waals surface area contributed by atoms with Gasteiger partial charge in [0.25, 0.3) is 0 Å². The maximum absolute atomic E-state index is 12.2. The first-order valence-corrected chi connectivity index (χ1v) is 8.62. The van der Waals surface area contributed by atoms with Crippen LogP contribution < -0.4 is 18.9 Å². The van der Waals surface area contributed by atoms with Crippen LogP contribution in [0, 0.1) is 5.92 Å². The third-order valence-electron chi connectivity index (χ3n) is 3.55. The molecule has 0 saturated carbocycles. The maximum atomic E-state index is 12.2. The summed E-state index contributed by atoms with van der Waals surface area (Å²) >= 11 is 6.15. The van der Waals surface area contributed by atoms with Gasteiger partial charge in [0.1, 0.15) is 0 Å². The van der Waals surface area contributed by atoms with Crippen molar-refractivity contribution in [3.63, 3.8) is 0 Å². The van der Waals surface area contributed by atoms with E-state index in [4.69, 9.17) is 30.5 Å². The lowest BCUT2D eigenvalue weighted by Gasteiger charge is -2.21. The van der Waals surface area contributed by atoms with Crippen molar-refractivity contribution in [3.05, 3.63) is 23.2 Å². The minimum atomic E-state index is -0.357. The number of halogens is 1. The van der Waals surface area contributed by atoms with E-state index in [1.54, 1.807) is 39.2 Å². The quantitative estimate of drug-likeness (QED) is 0.517. The molecule has 0 spiro atoms. The van der Waals surface area contributed by atoms with Crippen LogP contribution in [0.1, 0.15) is 27.7 Å². The fraction of sp³-hybridized carbons (Fsp3) is 0.421. The Morgan fingerprint density at radius 1 is 1.00 bits per heavy atom. The largest absolute Gasteiger partial charge is 0.492 e. The molecule has 0 radical (unpaired) electrons. The second-order valence-corrected chi connectivity index (χ2v) is 6.09. The molecule has 25 heavy (non-hydrogen) atoms. The van der Waals surface area contributed by atoms with E-state index in [-0.39, 0.29) is 11.9 Å². The first-order valence-electron chi connectivity index (χ1n) is 8.24.